The lowest BCUT2D eigenvalue weighted by atomic mass is 9.81. The van der Waals surface area contributed by atoms with Gasteiger partial charge in [0.1, 0.15) is 17.2 Å². The number of hydrogen-bond donors (Lipinski definition) is 5. The van der Waals surface area contributed by atoms with E-state index in [1.165, 1.54) is 43.8 Å². The van der Waals surface area contributed by atoms with E-state index in [0.717, 1.165) is 58.4 Å². The van der Waals surface area contributed by atoms with Gasteiger partial charge in [-0.2, -0.15) is 0 Å². The summed E-state index contributed by atoms with van der Waals surface area (Å²) in [6, 6.07) is 42.1. The van der Waals surface area contributed by atoms with Crippen LogP contribution in [-0.2, 0) is 21.7 Å². The smallest absolute Gasteiger partial charge is 0.158 e. The fraction of sp³-hybridized carbons (Fsp3) is 0.355. The molecule has 0 bridgehead atoms. The number of rotatable bonds is 8. The van der Waals surface area contributed by atoms with Crippen LogP contribution < -0.4 is 0 Å². The largest absolute Gasteiger partial charge is 0.508 e. The van der Waals surface area contributed by atoms with Gasteiger partial charge in [-0.25, -0.2) is 0 Å². The van der Waals surface area contributed by atoms with Gasteiger partial charge in [0.25, 0.3) is 0 Å². The molecule has 0 saturated carbocycles. The molecule has 354 valence electrons. The second-order valence-electron chi connectivity index (χ2n) is 21.0. The Hall–Kier alpha value is -6.20. The number of fused-ring (bicyclic) bond motifs is 4. The highest BCUT2D eigenvalue weighted by Crippen LogP contribution is 2.36. The summed E-state index contributed by atoms with van der Waals surface area (Å²) in [7, 11) is 0. The molecule has 0 aliphatic heterocycles. The Bertz CT molecular complexity index is 2960. The first-order valence-electron chi connectivity index (χ1n) is 24.0. The molecule has 8 rings (SSSR count). The van der Waals surface area contributed by atoms with Crippen molar-refractivity contribution in [1.82, 2.24) is 0 Å². The van der Waals surface area contributed by atoms with Gasteiger partial charge in [0.05, 0.1) is 0 Å². The van der Waals surface area contributed by atoms with Gasteiger partial charge in [0.2, 0.25) is 0 Å². The lowest BCUT2D eigenvalue weighted by molar-refractivity contribution is 0.405. The van der Waals surface area contributed by atoms with Crippen LogP contribution in [0, 0.1) is 13.8 Å². The highest BCUT2D eigenvalue weighted by atomic mass is 16.3. The summed E-state index contributed by atoms with van der Waals surface area (Å²) in [5.41, 5.74) is 7.99. The molecule has 5 nitrogen and oxygen atoms in total. The SMILES string of the molecule is CCC(C)(C)c1cc(C)c(O)c(C)c1.CCC(C)(C)c1ccc2cc(O)c(O)cc2c1.CCC(C)(C)c1ccc2cc(O)ccc2c1.CCC(C)(C)c1ccc2cc3cc(O)ccc3cc2c1. The topological polar surface area (TPSA) is 101 Å². The maximum absolute atomic E-state index is 9.67. The predicted molar refractivity (Wildman–Crippen MR) is 287 cm³/mol. The Balaban J connectivity index is 0.000000169. The Labute approximate surface area is 400 Å². The third-order valence-electron chi connectivity index (χ3n) is 14.7. The normalized spacial score (nSPS) is 12.0. The molecule has 0 aliphatic rings. The van der Waals surface area contributed by atoms with E-state index in [1.54, 1.807) is 30.3 Å². The average molecular weight is 901 g/mol. The lowest BCUT2D eigenvalue weighted by Gasteiger charge is -2.24. The van der Waals surface area contributed by atoms with Gasteiger partial charge in [-0.3, -0.25) is 0 Å². The summed E-state index contributed by atoms with van der Waals surface area (Å²) in [5.74, 6) is 0.945. The van der Waals surface area contributed by atoms with Crippen molar-refractivity contribution in [2.24, 2.45) is 0 Å². The molecule has 0 aromatic heterocycles. The van der Waals surface area contributed by atoms with E-state index in [2.05, 4.69) is 156 Å². The number of phenols is 5. The minimum Gasteiger partial charge on any atom is -0.508 e. The molecule has 8 aromatic carbocycles. The Morgan fingerprint density at radius 1 is 0.299 bits per heavy atom. The fourth-order valence-electron chi connectivity index (χ4n) is 7.92. The van der Waals surface area contributed by atoms with E-state index in [-0.39, 0.29) is 33.2 Å². The number of aromatic hydroxyl groups is 5. The number of phenolic OH excluding ortho intramolecular Hbond substituents is 5. The lowest BCUT2D eigenvalue weighted by Crippen LogP contribution is -2.15. The monoisotopic (exact) mass is 901 g/mol. The minimum atomic E-state index is -0.0694. The molecule has 0 aliphatic carbocycles. The second-order valence-corrected chi connectivity index (χ2v) is 21.0. The van der Waals surface area contributed by atoms with Crippen molar-refractivity contribution in [3.8, 4) is 28.7 Å². The first-order chi connectivity index (χ1) is 31.3. The maximum Gasteiger partial charge on any atom is 0.158 e. The molecule has 0 unspecified atom stereocenters. The van der Waals surface area contributed by atoms with Gasteiger partial charge in [0, 0.05) is 0 Å². The molecule has 0 radical (unpaired) electrons. The summed E-state index contributed by atoms with van der Waals surface area (Å²) in [5, 5.41) is 56.5. The van der Waals surface area contributed by atoms with Crippen LogP contribution in [0.25, 0.3) is 43.1 Å². The summed E-state index contributed by atoms with van der Waals surface area (Å²) < 4.78 is 0. The second kappa shape index (κ2) is 20.8. The number of aryl methyl sites for hydroxylation is 2. The van der Waals surface area contributed by atoms with Crippen LogP contribution in [0.5, 0.6) is 28.7 Å². The van der Waals surface area contributed by atoms with Crippen LogP contribution in [0.1, 0.15) is 142 Å². The zero-order valence-corrected chi connectivity index (χ0v) is 42.7. The van der Waals surface area contributed by atoms with Crippen LogP contribution in [0.2, 0.25) is 0 Å². The maximum atomic E-state index is 9.67. The quantitative estimate of drug-likeness (QED) is 0.0772. The zero-order chi connectivity index (χ0) is 49.6. The standard InChI is InChI=1S/C19H20O.C15H18O2.C15H18O.C13H20O/c1-4-19(2,3)17-7-5-13-10-16-12-18(20)8-6-14(16)9-15(13)11-17;1-4-15(2,3)12-6-5-10-8-13(16)14(17)9-11(10)7-12;1-4-15(2,3)13-7-5-12-10-14(16)8-6-11(12)9-13;1-6-13(4,5)11-7-9(2)12(14)10(3)8-11/h5-12,20H,4H2,1-3H3;5-9,16-17H,4H2,1-3H3;5-10,16H,4H2,1-3H3;7-8,14H,6H2,1-5H3. The highest BCUT2D eigenvalue weighted by molar-refractivity contribution is 5.99. The molecule has 0 heterocycles. The van der Waals surface area contributed by atoms with E-state index < -0.39 is 0 Å². The summed E-state index contributed by atoms with van der Waals surface area (Å²) >= 11 is 0. The third-order valence-corrected chi connectivity index (χ3v) is 14.7. The van der Waals surface area contributed by atoms with Gasteiger partial charge in [-0.1, -0.05) is 162 Å². The van der Waals surface area contributed by atoms with Gasteiger partial charge in [-0.05, 0) is 186 Å². The van der Waals surface area contributed by atoms with Crippen LogP contribution >= 0.6 is 0 Å². The molecular formula is C62H76O5. The zero-order valence-electron chi connectivity index (χ0n) is 42.7. The Kier molecular flexibility index (Phi) is 16.0. The van der Waals surface area contributed by atoms with Gasteiger partial charge >= 0.3 is 0 Å². The molecular weight excluding hydrogens is 825 g/mol. The molecule has 0 atom stereocenters. The Morgan fingerprint density at radius 2 is 0.567 bits per heavy atom. The molecule has 8 aromatic rings. The van der Waals surface area contributed by atoms with Crippen molar-refractivity contribution in [2.45, 2.75) is 144 Å². The van der Waals surface area contributed by atoms with Crippen molar-refractivity contribution in [3.63, 3.8) is 0 Å². The molecule has 5 N–H and O–H groups in total. The fourth-order valence-corrected chi connectivity index (χ4v) is 7.92. The first-order valence-corrected chi connectivity index (χ1v) is 24.0. The van der Waals surface area contributed by atoms with Gasteiger partial charge in [0.15, 0.2) is 11.5 Å². The molecule has 0 saturated heterocycles. The molecule has 67 heavy (non-hydrogen) atoms. The van der Waals surface area contributed by atoms with Crippen molar-refractivity contribution in [3.05, 3.63) is 161 Å². The summed E-state index contributed by atoms with van der Waals surface area (Å²) in [6.07, 6.45) is 4.41. The predicted octanol–water partition coefficient (Wildman–Crippen LogP) is 17.3. The first kappa shape index (κ1) is 51.8. The van der Waals surface area contributed by atoms with E-state index >= 15 is 0 Å². The van der Waals surface area contributed by atoms with Gasteiger partial charge in [-0.15, -0.1) is 0 Å². The number of benzene rings is 8. The van der Waals surface area contributed by atoms with Crippen molar-refractivity contribution >= 4 is 43.1 Å². The van der Waals surface area contributed by atoms with Crippen molar-refractivity contribution < 1.29 is 25.5 Å². The third kappa shape index (κ3) is 12.4. The summed E-state index contributed by atoms with van der Waals surface area (Å²) in [4.78, 5) is 0. The van der Waals surface area contributed by atoms with Gasteiger partial charge < -0.3 is 25.5 Å². The highest BCUT2D eigenvalue weighted by Gasteiger charge is 2.21. The van der Waals surface area contributed by atoms with Crippen LogP contribution in [0.15, 0.2) is 127 Å². The van der Waals surface area contributed by atoms with E-state index in [4.69, 9.17) is 0 Å². The Morgan fingerprint density at radius 3 is 0.970 bits per heavy atom. The van der Waals surface area contributed by atoms with Crippen LogP contribution in [0.4, 0.5) is 0 Å². The van der Waals surface area contributed by atoms with E-state index in [1.807, 2.05) is 38.1 Å². The average Bonchev–Trinajstić information content (AvgIpc) is 3.30. The molecule has 0 spiro atoms. The molecule has 0 fully saturated rings. The van der Waals surface area contributed by atoms with Crippen molar-refractivity contribution in [2.75, 3.05) is 0 Å². The number of hydrogen-bond acceptors (Lipinski definition) is 5. The van der Waals surface area contributed by atoms with Crippen LogP contribution in [0.3, 0.4) is 0 Å². The molecule has 5 heteroatoms. The molecule has 0 amide bonds. The van der Waals surface area contributed by atoms with E-state index in [9.17, 15) is 25.5 Å². The van der Waals surface area contributed by atoms with Crippen molar-refractivity contribution in [1.29, 1.82) is 0 Å². The summed E-state index contributed by atoms with van der Waals surface area (Å²) in [6.45, 7) is 30.7. The minimum absolute atomic E-state index is 0.0658. The van der Waals surface area contributed by atoms with Crippen LogP contribution in [-0.4, -0.2) is 25.5 Å². The van der Waals surface area contributed by atoms with E-state index in [0.29, 0.717) is 17.2 Å².